The molecule has 5 aromatic rings. The van der Waals surface area contributed by atoms with Crippen molar-refractivity contribution in [1.29, 1.82) is 0 Å². The molecule has 0 atom stereocenters. The van der Waals surface area contributed by atoms with Crippen molar-refractivity contribution in [2.24, 2.45) is 0 Å². The minimum atomic E-state index is -0.883. The van der Waals surface area contributed by atoms with E-state index in [0.29, 0.717) is 0 Å². The minimum Gasteiger partial charge on any atom is -0.480 e. The monoisotopic (exact) mass is 461 g/mol. The molecule has 0 spiro atoms. The van der Waals surface area contributed by atoms with Gasteiger partial charge < -0.3 is 10.4 Å². The van der Waals surface area contributed by atoms with Gasteiger partial charge in [0.05, 0.1) is 0 Å². The van der Waals surface area contributed by atoms with Crippen LogP contribution in [0.5, 0.6) is 0 Å². The predicted octanol–water partition coefficient (Wildman–Crippen LogP) is 7.91. The lowest BCUT2D eigenvalue weighted by atomic mass is 9.96. The quantitative estimate of drug-likeness (QED) is 0.259. The van der Waals surface area contributed by atoms with Gasteiger partial charge in [0.1, 0.15) is 6.54 Å². The number of thiophene rings is 1. The zero-order valence-electron chi connectivity index (χ0n) is 18.4. The second-order valence-corrected chi connectivity index (χ2v) is 9.01. The summed E-state index contributed by atoms with van der Waals surface area (Å²) in [7, 11) is 0. The summed E-state index contributed by atoms with van der Waals surface area (Å²) in [6.45, 7) is -0.114. The SMILES string of the molecule is O=C(O)CNc1cccc(-c2ccccc2-c2cc(-c3ccccc3)c(-c3ccccc3)s2)c1. The molecule has 34 heavy (non-hydrogen) atoms. The van der Waals surface area contributed by atoms with E-state index in [1.54, 1.807) is 11.3 Å². The standard InChI is InChI=1S/C30H23NO2S/c32-29(33)20-31-24-15-9-14-23(18-24)25-16-7-8-17-26(25)28-19-27(21-10-3-1-4-11-21)30(34-28)22-12-5-2-6-13-22/h1-19,31H,20H2,(H,32,33). The van der Waals surface area contributed by atoms with Crippen molar-refractivity contribution in [3.63, 3.8) is 0 Å². The first kappa shape index (κ1) is 21.7. The third-order valence-corrected chi connectivity index (χ3v) is 6.88. The van der Waals surface area contributed by atoms with Crippen LogP contribution in [0, 0.1) is 0 Å². The van der Waals surface area contributed by atoms with Crippen molar-refractivity contribution in [3.8, 4) is 43.1 Å². The molecule has 3 nitrogen and oxygen atoms in total. The molecule has 0 aliphatic carbocycles. The van der Waals surface area contributed by atoms with Crippen LogP contribution in [0.15, 0.2) is 115 Å². The van der Waals surface area contributed by atoms with Gasteiger partial charge in [-0.15, -0.1) is 11.3 Å². The van der Waals surface area contributed by atoms with E-state index >= 15 is 0 Å². The molecular formula is C30H23NO2S. The Hall–Kier alpha value is -4.15. The second kappa shape index (κ2) is 9.77. The molecule has 4 heteroatoms. The molecule has 0 aliphatic heterocycles. The van der Waals surface area contributed by atoms with E-state index in [1.165, 1.54) is 26.4 Å². The molecule has 4 aromatic carbocycles. The molecule has 1 aromatic heterocycles. The number of hydrogen-bond donors (Lipinski definition) is 2. The van der Waals surface area contributed by atoms with Crippen LogP contribution in [-0.2, 0) is 4.79 Å². The van der Waals surface area contributed by atoms with Crippen molar-refractivity contribution in [1.82, 2.24) is 0 Å². The van der Waals surface area contributed by atoms with Gasteiger partial charge in [-0.25, -0.2) is 0 Å². The van der Waals surface area contributed by atoms with Gasteiger partial charge in [-0.05, 0) is 46.0 Å². The average molecular weight is 462 g/mol. The average Bonchev–Trinajstić information content (AvgIpc) is 3.34. The summed E-state index contributed by atoms with van der Waals surface area (Å²) >= 11 is 1.79. The summed E-state index contributed by atoms with van der Waals surface area (Å²) in [5.41, 5.74) is 7.72. The van der Waals surface area contributed by atoms with Crippen molar-refractivity contribution in [2.75, 3.05) is 11.9 Å². The van der Waals surface area contributed by atoms with E-state index in [0.717, 1.165) is 22.4 Å². The molecule has 0 saturated heterocycles. The first-order valence-electron chi connectivity index (χ1n) is 11.1. The van der Waals surface area contributed by atoms with E-state index < -0.39 is 5.97 Å². The highest BCUT2D eigenvalue weighted by atomic mass is 32.1. The Morgan fingerprint density at radius 3 is 1.97 bits per heavy atom. The highest BCUT2D eigenvalue weighted by Gasteiger charge is 2.16. The van der Waals surface area contributed by atoms with Crippen LogP contribution < -0.4 is 5.32 Å². The summed E-state index contributed by atoms with van der Waals surface area (Å²) in [5, 5.41) is 12.0. The number of rotatable bonds is 7. The lowest BCUT2D eigenvalue weighted by Crippen LogP contribution is -2.12. The Balaban J connectivity index is 1.62. The van der Waals surface area contributed by atoms with Gasteiger partial charge in [0.15, 0.2) is 0 Å². The van der Waals surface area contributed by atoms with Gasteiger partial charge >= 0.3 is 5.97 Å². The minimum absolute atomic E-state index is 0.114. The lowest BCUT2D eigenvalue weighted by Gasteiger charge is -2.11. The Morgan fingerprint density at radius 2 is 1.26 bits per heavy atom. The van der Waals surface area contributed by atoms with Crippen molar-refractivity contribution >= 4 is 23.0 Å². The van der Waals surface area contributed by atoms with E-state index in [1.807, 2.05) is 36.4 Å². The maximum atomic E-state index is 11.0. The molecule has 166 valence electrons. The van der Waals surface area contributed by atoms with Gasteiger partial charge in [-0.2, -0.15) is 0 Å². The summed E-state index contributed by atoms with van der Waals surface area (Å²) in [6, 6.07) is 39.6. The number of nitrogens with one attached hydrogen (secondary N) is 1. The van der Waals surface area contributed by atoms with Crippen LogP contribution in [0.1, 0.15) is 0 Å². The molecule has 1 heterocycles. The smallest absolute Gasteiger partial charge is 0.322 e. The molecule has 2 N–H and O–H groups in total. The third kappa shape index (κ3) is 4.63. The summed E-state index contributed by atoms with van der Waals surface area (Å²) in [4.78, 5) is 13.4. The highest BCUT2D eigenvalue weighted by Crippen LogP contribution is 2.45. The van der Waals surface area contributed by atoms with Crippen LogP contribution in [0.25, 0.3) is 43.1 Å². The van der Waals surface area contributed by atoms with Crippen LogP contribution in [0.2, 0.25) is 0 Å². The van der Waals surface area contributed by atoms with E-state index in [9.17, 15) is 4.79 Å². The fraction of sp³-hybridized carbons (Fsp3) is 0.0333. The van der Waals surface area contributed by atoms with Gasteiger partial charge in [-0.3, -0.25) is 4.79 Å². The maximum absolute atomic E-state index is 11.0. The number of carboxylic acids is 1. The Labute approximate surface area is 203 Å². The molecule has 0 aliphatic rings. The second-order valence-electron chi connectivity index (χ2n) is 7.96. The molecule has 0 amide bonds. The van der Waals surface area contributed by atoms with Crippen LogP contribution >= 0.6 is 11.3 Å². The first-order chi connectivity index (χ1) is 16.7. The fourth-order valence-electron chi connectivity index (χ4n) is 4.08. The van der Waals surface area contributed by atoms with Gasteiger partial charge in [0.2, 0.25) is 0 Å². The highest BCUT2D eigenvalue weighted by molar-refractivity contribution is 7.19. The van der Waals surface area contributed by atoms with Crippen LogP contribution in [0.4, 0.5) is 5.69 Å². The summed E-state index contributed by atoms with van der Waals surface area (Å²) < 4.78 is 0. The Morgan fingerprint density at radius 1 is 0.647 bits per heavy atom. The normalized spacial score (nSPS) is 10.7. The predicted molar refractivity (Wildman–Crippen MR) is 142 cm³/mol. The van der Waals surface area contributed by atoms with E-state index in [-0.39, 0.29) is 6.54 Å². The number of hydrogen-bond acceptors (Lipinski definition) is 3. The fourth-order valence-corrected chi connectivity index (χ4v) is 5.31. The number of carboxylic acid groups (broad SMARTS) is 1. The van der Waals surface area contributed by atoms with Gasteiger partial charge in [-0.1, -0.05) is 97.1 Å². The molecule has 0 bridgehead atoms. The zero-order chi connectivity index (χ0) is 23.3. The molecule has 0 unspecified atom stereocenters. The number of carbonyl (C=O) groups is 1. The largest absolute Gasteiger partial charge is 0.480 e. The van der Waals surface area contributed by atoms with Gasteiger partial charge in [0.25, 0.3) is 0 Å². The summed E-state index contributed by atoms with van der Waals surface area (Å²) in [5.74, 6) is -0.883. The first-order valence-corrected chi connectivity index (χ1v) is 11.9. The number of aliphatic carboxylic acids is 1. The van der Waals surface area contributed by atoms with Crippen molar-refractivity contribution in [2.45, 2.75) is 0 Å². The lowest BCUT2D eigenvalue weighted by molar-refractivity contribution is -0.134. The van der Waals surface area contributed by atoms with Crippen molar-refractivity contribution < 1.29 is 9.90 Å². The van der Waals surface area contributed by atoms with E-state index in [2.05, 4.69) is 84.2 Å². The molecule has 0 radical (unpaired) electrons. The molecular weight excluding hydrogens is 438 g/mol. The Kier molecular flexibility index (Phi) is 6.23. The van der Waals surface area contributed by atoms with Crippen LogP contribution in [0.3, 0.4) is 0 Å². The summed E-state index contributed by atoms with van der Waals surface area (Å²) in [6.07, 6.45) is 0. The maximum Gasteiger partial charge on any atom is 0.322 e. The zero-order valence-corrected chi connectivity index (χ0v) is 19.3. The number of benzene rings is 4. The van der Waals surface area contributed by atoms with E-state index in [4.69, 9.17) is 5.11 Å². The van der Waals surface area contributed by atoms with Gasteiger partial charge in [0, 0.05) is 21.0 Å². The van der Waals surface area contributed by atoms with Crippen LogP contribution in [-0.4, -0.2) is 17.6 Å². The van der Waals surface area contributed by atoms with Crippen molar-refractivity contribution in [3.05, 3.63) is 115 Å². The topological polar surface area (TPSA) is 49.3 Å². The molecule has 0 saturated carbocycles. The number of anilines is 1. The molecule has 5 rings (SSSR count). The third-order valence-electron chi connectivity index (χ3n) is 5.66. The Bertz CT molecular complexity index is 1370. The molecule has 0 fully saturated rings.